The van der Waals surface area contributed by atoms with Crippen molar-refractivity contribution in [2.75, 3.05) is 0 Å². The van der Waals surface area contributed by atoms with Crippen LogP contribution in [0.2, 0.25) is 0 Å². The van der Waals surface area contributed by atoms with Gasteiger partial charge in [-0.1, -0.05) is 21.1 Å². The quantitative estimate of drug-likeness (QED) is 0.776. The van der Waals surface area contributed by atoms with Gasteiger partial charge in [-0.25, -0.2) is 4.39 Å². The Kier molecular flexibility index (Phi) is 2.58. The van der Waals surface area contributed by atoms with Crippen molar-refractivity contribution in [2.24, 2.45) is 0 Å². The van der Waals surface area contributed by atoms with Gasteiger partial charge >= 0.3 is 0 Å². The first-order valence-corrected chi connectivity index (χ1v) is 5.04. The van der Waals surface area contributed by atoms with Gasteiger partial charge in [0.05, 0.1) is 11.9 Å². The van der Waals surface area contributed by atoms with Gasteiger partial charge in [-0.3, -0.25) is 4.98 Å². The highest BCUT2D eigenvalue weighted by atomic mass is 79.9. The van der Waals surface area contributed by atoms with Gasteiger partial charge < -0.3 is 4.52 Å². The zero-order valence-corrected chi connectivity index (χ0v) is 8.66. The molecule has 0 aliphatic rings. The third-order valence-electron chi connectivity index (χ3n) is 1.69. The summed E-state index contributed by atoms with van der Waals surface area (Å²) in [5.74, 6) is 0.130. The van der Waals surface area contributed by atoms with E-state index in [4.69, 9.17) is 4.52 Å². The lowest BCUT2D eigenvalue weighted by molar-refractivity contribution is 0.426. The Hall–Kier alpha value is -1.23. The number of hydrogen-bond acceptors (Lipinski definition) is 3. The van der Waals surface area contributed by atoms with E-state index < -0.39 is 0 Å². The Morgan fingerprint density at radius 3 is 2.86 bits per heavy atom. The van der Waals surface area contributed by atoms with Gasteiger partial charge in [-0.15, -0.1) is 0 Å². The molecule has 2 rings (SSSR count). The molecule has 0 aromatic carbocycles. The summed E-state index contributed by atoms with van der Waals surface area (Å²) in [5, 5.41) is 4.38. The molecule has 14 heavy (non-hydrogen) atoms. The van der Waals surface area contributed by atoms with Crippen LogP contribution in [0.5, 0.6) is 0 Å². The van der Waals surface area contributed by atoms with Crippen LogP contribution in [-0.2, 0) is 5.33 Å². The van der Waals surface area contributed by atoms with E-state index in [0.29, 0.717) is 16.7 Å². The molecular weight excluding hydrogens is 251 g/mol. The highest BCUT2D eigenvalue weighted by Crippen LogP contribution is 2.20. The normalized spacial score (nSPS) is 10.4. The first-order valence-electron chi connectivity index (χ1n) is 3.92. The van der Waals surface area contributed by atoms with Gasteiger partial charge in [-0.05, 0) is 6.07 Å². The molecule has 2 aromatic rings. The number of rotatable bonds is 2. The predicted octanol–water partition coefficient (Wildman–Crippen LogP) is 2.77. The molecule has 0 bridgehead atoms. The summed E-state index contributed by atoms with van der Waals surface area (Å²) in [5.41, 5.74) is 1.36. The number of alkyl halides is 1. The Labute approximate surface area is 88.1 Å². The maximum absolute atomic E-state index is 12.8. The molecule has 0 amide bonds. The van der Waals surface area contributed by atoms with Gasteiger partial charge in [0.25, 0.3) is 0 Å². The van der Waals surface area contributed by atoms with Crippen molar-refractivity contribution in [1.82, 2.24) is 10.1 Å². The average molecular weight is 257 g/mol. The molecule has 3 nitrogen and oxygen atoms in total. The van der Waals surface area contributed by atoms with E-state index in [1.165, 1.54) is 12.3 Å². The van der Waals surface area contributed by atoms with Crippen LogP contribution in [-0.4, -0.2) is 10.1 Å². The fraction of sp³-hybridized carbons (Fsp3) is 0.111. The molecule has 0 saturated heterocycles. The molecule has 72 valence electrons. The molecule has 0 unspecified atom stereocenters. The molecule has 0 fully saturated rings. The van der Waals surface area contributed by atoms with E-state index in [2.05, 4.69) is 26.1 Å². The third-order valence-corrected chi connectivity index (χ3v) is 2.26. The summed E-state index contributed by atoms with van der Waals surface area (Å²) < 4.78 is 17.8. The summed E-state index contributed by atoms with van der Waals surface area (Å²) in [6.45, 7) is 0. The zero-order chi connectivity index (χ0) is 9.97. The molecule has 2 heterocycles. The van der Waals surface area contributed by atoms with E-state index in [0.717, 1.165) is 11.9 Å². The lowest BCUT2D eigenvalue weighted by Crippen LogP contribution is -1.80. The van der Waals surface area contributed by atoms with Gasteiger partial charge in [-0.2, -0.15) is 0 Å². The minimum atomic E-state index is -0.390. The largest absolute Gasteiger partial charge is 0.356 e. The molecule has 0 aliphatic heterocycles. The van der Waals surface area contributed by atoms with E-state index in [-0.39, 0.29) is 5.82 Å². The monoisotopic (exact) mass is 256 g/mol. The number of halogens is 2. The minimum Gasteiger partial charge on any atom is -0.356 e. The number of pyridine rings is 1. The van der Waals surface area contributed by atoms with Crippen molar-refractivity contribution in [3.8, 4) is 11.3 Å². The SMILES string of the molecule is Fc1cncc(-c2cc(CBr)no2)c1. The van der Waals surface area contributed by atoms with Gasteiger partial charge in [0.2, 0.25) is 0 Å². The first kappa shape index (κ1) is 9.33. The second-order valence-electron chi connectivity index (χ2n) is 2.71. The van der Waals surface area contributed by atoms with E-state index in [1.807, 2.05) is 0 Å². The molecule has 0 saturated carbocycles. The van der Waals surface area contributed by atoms with Crippen molar-refractivity contribution < 1.29 is 8.91 Å². The predicted molar refractivity (Wildman–Crippen MR) is 52.3 cm³/mol. The van der Waals surface area contributed by atoms with Crippen molar-refractivity contribution in [2.45, 2.75) is 5.33 Å². The molecule has 0 atom stereocenters. The van der Waals surface area contributed by atoms with Crippen LogP contribution in [0, 0.1) is 5.82 Å². The lowest BCUT2D eigenvalue weighted by atomic mass is 10.2. The number of aromatic nitrogens is 2. The van der Waals surface area contributed by atoms with E-state index in [1.54, 1.807) is 6.07 Å². The summed E-state index contributed by atoms with van der Waals surface area (Å²) in [6, 6.07) is 3.09. The molecule has 0 N–H and O–H groups in total. The second-order valence-corrected chi connectivity index (χ2v) is 3.27. The van der Waals surface area contributed by atoms with Crippen molar-refractivity contribution in [3.05, 3.63) is 36.0 Å². The molecular formula is C9H6BrFN2O. The van der Waals surface area contributed by atoms with Crippen LogP contribution in [0.3, 0.4) is 0 Å². The Balaban J connectivity index is 2.39. The van der Waals surface area contributed by atoms with Crippen LogP contribution >= 0.6 is 15.9 Å². The summed E-state index contributed by atoms with van der Waals surface area (Å²) in [6.07, 6.45) is 2.67. The van der Waals surface area contributed by atoms with Crippen molar-refractivity contribution >= 4 is 15.9 Å². The van der Waals surface area contributed by atoms with Gasteiger partial charge in [0, 0.05) is 23.2 Å². The first-order chi connectivity index (χ1) is 6.79. The van der Waals surface area contributed by atoms with Gasteiger partial charge in [0.15, 0.2) is 5.76 Å². The van der Waals surface area contributed by atoms with Crippen molar-refractivity contribution in [1.29, 1.82) is 0 Å². The maximum atomic E-state index is 12.8. The average Bonchev–Trinajstić information content (AvgIpc) is 2.66. The second kappa shape index (κ2) is 3.88. The minimum absolute atomic E-state index is 0.390. The number of nitrogens with zero attached hydrogens (tertiary/aromatic N) is 2. The van der Waals surface area contributed by atoms with Crippen LogP contribution in [0.1, 0.15) is 5.69 Å². The maximum Gasteiger partial charge on any atom is 0.168 e. The summed E-state index contributed by atoms with van der Waals surface area (Å²) >= 11 is 3.25. The van der Waals surface area contributed by atoms with Crippen molar-refractivity contribution in [3.63, 3.8) is 0 Å². The summed E-state index contributed by atoms with van der Waals surface area (Å²) in [4.78, 5) is 3.72. The molecule has 5 heteroatoms. The number of hydrogen-bond donors (Lipinski definition) is 0. The Morgan fingerprint density at radius 1 is 1.36 bits per heavy atom. The van der Waals surface area contributed by atoms with Crippen LogP contribution in [0.4, 0.5) is 4.39 Å². The topological polar surface area (TPSA) is 38.9 Å². The highest BCUT2D eigenvalue weighted by molar-refractivity contribution is 9.08. The fourth-order valence-corrected chi connectivity index (χ4v) is 1.32. The molecule has 0 spiro atoms. The van der Waals surface area contributed by atoms with E-state index >= 15 is 0 Å². The molecule has 0 aliphatic carbocycles. The zero-order valence-electron chi connectivity index (χ0n) is 7.08. The van der Waals surface area contributed by atoms with Crippen LogP contribution in [0.15, 0.2) is 29.0 Å². The molecule has 2 aromatic heterocycles. The summed E-state index contributed by atoms with van der Waals surface area (Å²) in [7, 11) is 0. The lowest BCUT2D eigenvalue weighted by Gasteiger charge is -1.92. The van der Waals surface area contributed by atoms with Crippen LogP contribution < -0.4 is 0 Å². The Morgan fingerprint density at radius 2 is 2.21 bits per heavy atom. The molecule has 0 radical (unpaired) electrons. The smallest absolute Gasteiger partial charge is 0.168 e. The standard InChI is InChI=1S/C9H6BrFN2O/c10-3-8-2-9(14-13-8)6-1-7(11)5-12-4-6/h1-2,4-5H,3H2. The van der Waals surface area contributed by atoms with Gasteiger partial charge in [0.1, 0.15) is 5.82 Å². The third kappa shape index (κ3) is 1.82. The highest BCUT2D eigenvalue weighted by Gasteiger charge is 2.06. The van der Waals surface area contributed by atoms with Crippen LogP contribution in [0.25, 0.3) is 11.3 Å². The Bertz CT molecular complexity index is 444. The van der Waals surface area contributed by atoms with E-state index in [9.17, 15) is 4.39 Å². The fourth-order valence-electron chi connectivity index (χ4n) is 1.06.